The number of nitrogens with zero attached hydrogens (tertiary/aromatic N) is 2. The molecule has 2 fully saturated rings. The Bertz CT molecular complexity index is 768. The van der Waals surface area contributed by atoms with E-state index in [9.17, 15) is 14.4 Å². The molecule has 5 unspecified atom stereocenters. The van der Waals surface area contributed by atoms with Gasteiger partial charge in [-0.1, -0.05) is 137 Å². The van der Waals surface area contributed by atoms with Crippen molar-refractivity contribution < 1.29 is 14.4 Å². The first-order chi connectivity index (χ1) is 20.3. The maximum absolute atomic E-state index is 13.0. The summed E-state index contributed by atoms with van der Waals surface area (Å²) >= 11 is 0. The van der Waals surface area contributed by atoms with Crippen molar-refractivity contribution in [1.29, 1.82) is 0 Å². The zero-order chi connectivity index (χ0) is 30.7. The van der Waals surface area contributed by atoms with E-state index in [0.29, 0.717) is 13.1 Å². The van der Waals surface area contributed by atoms with Crippen LogP contribution in [0.3, 0.4) is 0 Å². The van der Waals surface area contributed by atoms with Crippen molar-refractivity contribution in [3.63, 3.8) is 0 Å². The average Bonchev–Trinajstić information content (AvgIpc) is 3.24. The molecule has 0 aromatic carbocycles. The van der Waals surface area contributed by atoms with Crippen molar-refractivity contribution in [1.82, 2.24) is 9.80 Å². The van der Waals surface area contributed by atoms with E-state index in [1.54, 1.807) is 11.8 Å². The minimum absolute atomic E-state index is 0.0849. The van der Waals surface area contributed by atoms with Crippen LogP contribution >= 0.6 is 0 Å². The largest absolute Gasteiger partial charge is 0.330 e. The van der Waals surface area contributed by atoms with Gasteiger partial charge >= 0.3 is 0 Å². The number of carbonyl (C=O) groups is 3. The lowest BCUT2D eigenvalue weighted by Gasteiger charge is -2.41. The van der Waals surface area contributed by atoms with Gasteiger partial charge in [-0.2, -0.15) is 0 Å². The summed E-state index contributed by atoms with van der Waals surface area (Å²) in [6.45, 7) is 12.2. The predicted molar refractivity (Wildman–Crippen MR) is 176 cm³/mol. The van der Waals surface area contributed by atoms with Crippen molar-refractivity contribution in [2.45, 2.75) is 182 Å². The Balaban J connectivity index is 1.65. The summed E-state index contributed by atoms with van der Waals surface area (Å²) in [5, 5.41) is 0. The van der Waals surface area contributed by atoms with Crippen LogP contribution in [0, 0.1) is 23.7 Å². The highest BCUT2D eigenvalue weighted by molar-refractivity contribution is 6.06. The smallest absolute Gasteiger partial charge is 0.252 e. The van der Waals surface area contributed by atoms with E-state index in [0.717, 1.165) is 55.8 Å². The zero-order valence-corrected chi connectivity index (χ0v) is 28.5. The Morgan fingerprint density at radius 3 is 1.64 bits per heavy atom. The molecule has 0 spiro atoms. The van der Waals surface area contributed by atoms with Gasteiger partial charge in [-0.15, -0.1) is 0 Å². The Labute approximate surface area is 260 Å². The summed E-state index contributed by atoms with van der Waals surface area (Å²) in [6, 6.07) is -0.588. The molecule has 244 valence electrons. The molecule has 2 rings (SSSR count). The first-order valence-corrected chi connectivity index (χ1v) is 18.4. The molecular formula is C37H68N2O3. The molecule has 0 aromatic rings. The van der Waals surface area contributed by atoms with Crippen molar-refractivity contribution in [3.8, 4) is 0 Å². The van der Waals surface area contributed by atoms with Gasteiger partial charge in [-0.25, -0.2) is 0 Å². The van der Waals surface area contributed by atoms with Gasteiger partial charge in [-0.3, -0.25) is 19.3 Å². The van der Waals surface area contributed by atoms with Crippen LogP contribution in [0.4, 0.5) is 0 Å². The van der Waals surface area contributed by atoms with E-state index < -0.39 is 6.04 Å². The lowest BCUT2D eigenvalue weighted by Crippen LogP contribution is -2.45. The summed E-state index contributed by atoms with van der Waals surface area (Å²) in [4.78, 5) is 41.2. The van der Waals surface area contributed by atoms with Gasteiger partial charge in [-0.05, 0) is 49.4 Å². The predicted octanol–water partition coefficient (Wildman–Crippen LogP) is 9.71. The fraction of sp³-hybridized carbons (Fsp3) is 0.919. The molecule has 1 heterocycles. The van der Waals surface area contributed by atoms with Gasteiger partial charge in [0.1, 0.15) is 6.04 Å². The maximum Gasteiger partial charge on any atom is 0.252 e. The van der Waals surface area contributed by atoms with Gasteiger partial charge in [0.2, 0.25) is 11.8 Å². The third-order valence-electron chi connectivity index (χ3n) is 10.7. The van der Waals surface area contributed by atoms with E-state index in [1.807, 2.05) is 0 Å². The third kappa shape index (κ3) is 12.7. The SMILES string of the molecule is CCCCCCCCN1C(=O)CC(N(CCCCCCCCC2C(C)CCC(C)C2CCCCCCC)C(C)=O)C1=O. The Morgan fingerprint density at radius 1 is 0.690 bits per heavy atom. The summed E-state index contributed by atoms with van der Waals surface area (Å²) in [7, 11) is 0. The number of unbranched alkanes of at least 4 members (excludes halogenated alkanes) is 14. The number of carbonyl (C=O) groups excluding carboxylic acids is 3. The minimum Gasteiger partial charge on any atom is -0.330 e. The normalized spacial score (nSPS) is 24.5. The molecule has 1 aliphatic carbocycles. The molecule has 1 aliphatic heterocycles. The van der Waals surface area contributed by atoms with Gasteiger partial charge in [0.05, 0.1) is 6.42 Å². The fourth-order valence-corrected chi connectivity index (χ4v) is 7.88. The van der Waals surface area contributed by atoms with Crippen molar-refractivity contribution in [2.75, 3.05) is 13.1 Å². The van der Waals surface area contributed by atoms with Crippen molar-refractivity contribution in [2.24, 2.45) is 23.7 Å². The molecule has 1 saturated carbocycles. The van der Waals surface area contributed by atoms with Crippen LogP contribution in [0.1, 0.15) is 176 Å². The Kier molecular flexibility index (Phi) is 18.7. The quantitative estimate of drug-likeness (QED) is 0.0882. The second kappa shape index (κ2) is 21.3. The zero-order valence-electron chi connectivity index (χ0n) is 28.5. The first-order valence-electron chi connectivity index (χ1n) is 18.4. The lowest BCUT2D eigenvalue weighted by molar-refractivity contribution is -0.143. The number of amides is 3. The Hall–Kier alpha value is -1.39. The molecule has 2 aliphatic rings. The summed E-state index contributed by atoms with van der Waals surface area (Å²) in [5.74, 6) is 3.27. The molecule has 0 radical (unpaired) electrons. The van der Waals surface area contributed by atoms with E-state index >= 15 is 0 Å². The van der Waals surface area contributed by atoms with Crippen LogP contribution in [-0.2, 0) is 14.4 Å². The van der Waals surface area contributed by atoms with Crippen LogP contribution in [-0.4, -0.2) is 46.7 Å². The van der Waals surface area contributed by atoms with Crippen LogP contribution in [0.15, 0.2) is 0 Å². The second-order valence-electron chi connectivity index (χ2n) is 14.1. The highest BCUT2D eigenvalue weighted by atomic mass is 16.2. The number of imide groups is 1. The number of hydrogen-bond acceptors (Lipinski definition) is 3. The molecule has 42 heavy (non-hydrogen) atoms. The molecule has 5 nitrogen and oxygen atoms in total. The summed E-state index contributed by atoms with van der Waals surface area (Å²) in [5.41, 5.74) is 0. The molecule has 1 saturated heterocycles. The highest BCUT2D eigenvalue weighted by Gasteiger charge is 2.42. The van der Waals surface area contributed by atoms with Crippen LogP contribution in [0.5, 0.6) is 0 Å². The fourth-order valence-electron chi connectivity index (χ4n) is 7.88. The Morgan fingerprint density at radius 2 is 1.14 bits per heavy atom. The molecular weight excluding hydrogens is 520 g/mol. The molecule has 5 atom stereocenters. The molecule has 0 bridgehead atoms. The standard InChI is InChI=1S/C37H68N2O3/c1-6-8-10-12-17-22-28-39-36(41)29-35(37(39)42)38(32(5)40)27-21-18-14-13-16-20-24-34-31(4)26-25-30(3)33(34)23-19-15-11-9-7-2/h30-31,33-35H,6-29H2,1-5H3. The lowest BCUT2D eigenvalue weighted by atomic mass is 9.64. The van der Waals surface area contributed by atoms with Gasteiger partial charge < -0.3 is 4.90 Å². The second-order valence-corrected chi connectivity index (χ2v) is 14.1. The maximum atomic E-state index is 13.0. The minimum atomic E-state index is -0.588. The van der Waals surface area contributed by atoms with E-state index in [1.165, 1.54) is 108 Å². The van der Waals surface area contributed by atoms with Crippen LogP contribution < -0.4 is 0 Å². The average molecular weight is 589 g/mol. The van der Waals surface area contributed by atoms with Crippen molar-refractivity contribution in [3.05, 3.63) is 0 Å². The summed E-state index contributed by atoms with van der Waals surface area (Å²) in [6.07, 6.45) is 26.7. The van der Waals surface area contributed by atoms with E-state index in [4.69, 9.17) is 0 Å². The molecule has 3 amide bonds. The molecule has 5 heteroatoms. The van der Waals surface area contributed by atoms with Gasteiger partial charge in [0, 0.05) is 20.0 Å². The number of hydrogen-bond donors (Lipinski definition) is 0. The van der Waals surface area contributed by atoms with Crippen LogP contribution in [0.2, 0.25) is 0 Å². The first kappa shape index (κ1) is 36.8. The number of rotatable bonds is 23. The number of likely N-dealkylation sites (tertiary alicyclic amines) is 1. The molecule has 0 aromatic heterocycles. The van der Waals surface area contributed by atoms with E-state index in [2.05, 4.69) is 27.7 Å². The van der Waals surface area contributed by atoms with Crippen molar-refractivity contribution >= 4 is 17.7 Å². The highest BCUT2D eigenvalue weighted by Crippen LogP contribution is 2.43. The molecule has 0 N–H and O–H groups in total. The van der Waals surface area contributed by atoms with Gasteiger partial charge in [0.25, 0.3) is 5.91 Å². The summed E-state index contributed by atoms with van der Waals surface area (Å²) < 4.78 is 0. The third-order valence-corrected chi connectivity index (χ3v) is 10.7. The topological polar surface area (TPSA) is 57.7 Å². The van der Waals surface area contributed by atoms with Gasteiger partial charge in [0.15, 0.2) is 0 Å². The monoisotopic (exact) mass is 589 g/mol. The van der Waals surface area contributed by atoms with E-state index in [-0.39, 0.29) is 24.1 Å². The van der Waals surface area contributed by atoms with Crippen LogP contribution in [0.25, 0.3) is 0 Å².